The Bertz CT molecular complexity index is 646. The molecule has 0 aliphatic heterocycles. The molecule has 0 unspecified atom stereocenters. The molecule has 0 saturated carbocycles. The fourth-order valence-corrected chi connectivity index (χ4v) is 2.17. The number of hydrogen-bond donors (Lipinski definition) is 2. The van der Waals surface area contributed by atoms with Gasteiger partial charge in [0, 0.05) is 4.88 Å². The van der Waals surface area contributed by atoms with Crippen molar-refractivity contribution < 1.29 is 26.7 Å². The number of hydrogen-bond acceptors (Lipinski definition) is 3. The highest BCUT2D eigenvalue weighted by Crippen LogP contribution is 2.26. The van der Waals surface area contributed by atoms with Crippen LogP contribution in [0.4, 0.5) is 27.6 Å². The molecule has 3 nitrogen and oxygen atoms in total. The van der Waals surface area contributed by atoms with Gasteiger partial charge in [-0.15, -0.1) is 11.3 Å². The molecule has 0 atom stereocenters. The molecule has 0 saturated heterocycles. The number of rotatable bonds is 4. The predicted octanol–water partition coefficient (Wildman–Crippen LogP) is 3.13. The van der Waals surface area contributed by atoms with E-state index >= 15 is 0 Å². The molecule has 0 radical (unpaired) electrons. The Balaban J connectivity index is 2.12. The van der Waals surface area contributed by atoms with Crippen LogP contribution in [0.3, 0.4) is 0 Å². The first-order valence-electron chi connectivity index (χ1n) is 5.50. The van der Waals surface area contributed by atoms with Crippen LogP contribution < -0.4 is 10.9 Å². The van der Waals surface area contributed by atoms with E-state index in [9.17, 15) is 26.7 Å². The maximum atomic E-state index is 13.3. The summed E-state index contributed by atoms with van der Waals surface area (Å²) in [6, 6.07) is 3.35. The van der Waals surface area contributed by atoms with Gasteiger partial charge in [-0.05, 0) is 11.4 Å². The highest BCUT2D eigenvalue weighted by molar-refractivity contribution is 7.10. The Labute approximate surface area is 119 Å². The van der Waals surface area contributed by atoms with Crippen LogP contribution in [-0.4, -0.2) is 5.91 Å². The van der Waals surface area contributed by atoms with Crippen molar-refractivity contribution in [3.63, 3.8) is 0 Å². The predicted molar refractivity (Wildman–Crippen MR) is 66.0 cm³/mol. The van der Waals surface area contributed by atoms with Gasteiger partial charge in [0.15, 0.2) is 23.3 Å². The minimum Gasteiger partial charge on any atom is -0.293 e. The van der Waals surface area contributed by atoms with Gasteiger partial charge in [-0.3, -0.25) is 15.6 Å². The van der Waals surface area contributed by atoms with E-state index in [2.05, 4.69) is 0 Å². The lowest BCUT2D eigenvalue weighted by atomic mass is 10.2. The van der Waals surface area contributed by atoms with E-state index in [1.54, 1.807) is 22.9 Å². The molecule has 2 aromatic rings. The van der Waals surface area contributed by atoms with Gasteiger partial charge >= 0.3 is 0 Å². The van der Waals surface area contributed by atoms with Crippen molar-refractivity contribution in [2.75, 3.05) is 5.43 Å². The quantitative estimate of drug-likeness (QED) is 0.393. The highest BCUT2D eigenvalue weighted by Gasteiger charge is 2.25. The first kappa shape index (κ1) is 15.2. The molecule has 0 fully saturated rings. The van der Waals surface area contributed by atoms with Crippen molar-refractivity contribution >= 4 is 22.9 Å². The normalized spacial score (nSPS) is 10.5. The van der Waals surface area contributed by atoms with Crippen molar-refractivity contribution in [1.29, 1.82) is 0 Å². The van der Waals surface area contributed by atoms with Crippen LogP contribution in [0.5, 0.6) is 0 Å². The average Bonchev–Trinajstić information content (AvgIpc) is 2.96. The molecule has 0 bridgehead atoms. The number of carbonyl (C=O) groups is 1. The smallest absolute Gasteiger partial charge is 0.243 e. The zero-order valence-electron chi connectivity index (χ0n) is 10.1. The number of nitrogens with one attached hydrogen (secondary N) is 2. The Morgan fingerprint density at radius 1 is 1.00 bits per heavy atom. The third-order valence-electron chi connectivity index (χ3n) is 2.45. The summed E-state index contributed by atoms with van der Waals surface area (Å²) in [5.74, 6) is -11.2. The Morgan fingerprint density at radius 3 is 2.10 bits per heavy atom. The molecule has 112 valence electrons. The second kappa shape index (κ2) is 6.08. The maximum Gasteiger partial charge on any atom is 0.243 e. The van der Waals surface area contributed by atoms with Crippen LogP contribution in [0.1, 0.15) is 4.88 Å². The standard InChI is InChI=1S/C12H7F5N2OS/c13-7-8(14)10(16)12(11(17)9(7)15)19-18-6(20)4-5-2-1-3-21-5/h1-3,19H,4H2,(H,18,20). The number of carbonyl (C=O) groups excluding carboxylic acids is 1. The van der Waals surface area contributed by atoms with Crippen molar-refractivity contribution in [2.24, 2.45) is 0 Å². The number of amides is 1. The molecule has 0 aliphatic carbocycles. The van der Waals surface area contributed by atoms with Gasteiger partial charge in [0.05, 0.1) is 6.42 Å². The minimum atomic E-state index is -2.26. The van der Waals surface area contributed by atoms with Crippen LogP contribution in [0.15, 0.2) is 17.5 Å². The van der Waals surface area contributed by atoms with E-state index in [0.29, 0.717) is 4.88 Å². The molecular formula is C12H7F5N2OS. The Hall–Kier alpha value is -2.16. The van der Waals surface area contributed by atoms with Crippen molar-refractivity contribution in [3.8, 4) is 0 Å². The zero-order valence-corrected chi connectivity index (χ0v) is 11.0. The molecule has 0 spiro atoms. The number of thiophene rings is 1. The summed E-state index contributed by atoms with van der Waals surface area (Å²) in [6.45, 7) is 0. The molecule has 1 aromatic heterocycles. The van der Waals surface area contributed by atoms with Gasteiger partial charge < -0.3 is 0 Å². The fraction of sp³-hybridized carbons (Fsp3) is 0.0833. The van der Waals surface area contributed by atoms with Crippen LogP contribution in [0, 0.1) is 29.1 Å². The summed E-state index contributed by atoms with van der Waals surface area (Å²) < 4.78 is 65.2. The number of halogens is 5. The number of benzene rings is 1. The van der Waals surface area contributed by atoms with E-state index in [1.165, 1.54) is 11.3 Å². The van der Waals surface area contributed by atoms with Crippen molar-refractivity contribution in [3.05, 3.63) is 51.5 Å². The second-order valence-corrected chi connectivity index (χ2v) is 4.91. The highest BCUT2D eigenvalue weighted by atomic mass is 32.1. The van der Waals surface area contributed by atoms with Gasteiger partial charge in [-0.2, -0.15) is 0 Å². The minimum absolute atomic E-state index is 0.0972. The van der Waals surface area contributed by atoms with E-state index in [1.807, 2.05) is 5.43 Å². The number of hydrazine groups is 1. The fourth-order valence-electron chi connectivity index (χ4n) is 1.46. The van der Waals surface area contributed by atoms with Crippen LogP contribution >= 0.6 is 11.3 Å². The van der Waals surface area contributed by atoms with Crippen LogP contribution in [0.25, 0.3) is 0 Å². The third kappa shape index (κ3) is 3.13. The monoisotopic (exact) mass is 322 g/mol. The van der Waals surface area contributed by atoms with Crippen LogP contribution in [0.2, 0.25) is 0 Å². The van der Waals surface area contributed by atoms with Crippen molar-refractivity contribution in [2.45, 2.75) is 6.42 Å². The maximum absolute atomic E-state index is 13.3. The summed E-state index contributed by atoms with van der Waals surface area (Å²) in [7, 11) is 0. The summed E-state index contributed by atoms with van der Waals surface area (Å²) >= 11 is 1.28. The Kier molecular flexibility index (Phi) is 4.41. The topological polar surface area (TPSA) is 41.1 Å². The molecule has 0 aliphatic rings. The van der Waals surface area contributed by atoms with Gasteiger partial charge in [-0.25, -0.2) is 22.0 Å². The lowest BCUT2D eigenvalue weighted by Gasteiger charge is -2.11. The lowest BCUT2D eigenvalue weighted by Crippen LogP contribution is -2.32. The second-order valence-electron chi connectivity index (χ2n) is 3.87. The molecule has 1 heterocycles. The molecular weight excluding hydrogens is 315 g/mol. The molecule has 9 heteroatoms. The summed E-state index contributed by atoms with van der Waals surface area (Å²) in [6.07, 6.45) is -0.0972. The van der Waals surface area contributed by atoms with Gasteiger partial charge in [-0.1, -0.05) is 6.07 Å². The first-order valence-corrected chi connectivity index (χ1v) is 6.38. The number of anilines is 1. The first-order chi connectivity index (χ1) is 9.91. The lowest BCUT2D eigenvalue weighted by molar-refractivity contribution is -0.119. The Morgan fingerprint density at radius 2 is 1.57 bits per heavy atom. The molecule has 1 amide bonds. The van der Waals surface area contributed by atoms with E-state index in [4.69, 9.17) is 0 Å². The largest absolute Gasteiger partial charge is 0.293 e. The summed E-state index contributed by atoms with van der Waals surface area (Å²) in [4.78, 5) is 12.1. The van der Waals surface area contributed by atoms with E-state index < -0.39 is 40.7 Å². The van der Waals surface area contributed by atoms with Gasteiger partial charge in [0.25, 0.3) is 0 Å². The molecule has 1 aromatic carbocycles. The third-order valence-corrected chi connectivity index (χ3v) is 3.33. The summed E-state index contributed by atoms with van der Waals surface area (Å²) in [5, 5.41) is 1.72. The average molecular weight is 322 g/mol. The van der Waals surface area contributed by atoms with Gasteiger partial charge in [0.1, 0.15) is 5.69 Å². The molecule has 21 heavy (non-hydrogen) atoms. The van der Waals surface area contributed by atoms with Gasteiger partial charge in [0.2, 0.25) is 11.7 Å². The summed E-state index contributed by atoms with van der Waals surface area (Å²) in [5.41, 5.74) is 2.27. The zero-order chi connectivity index (χ0) is 15.6. The molecule has 2 rings (SSSR count). The van der Waals surface area contributed by atoms with E-state index in [-0.39, 0.29) is 6.42 Å². The van der Waals surface area contributed by atoms with E-state index in [0.717, 1.165) is 0 Å². The van der Waals surface area contributed by atoms with Crippen molar-refractivity contribution in [1.82, 2.24) is 5.43 Å². The van der Waals surface area contributed by atoms with Crippen LogP contribution in [-0.2, 0) is 11.2 Å². The SMILES string of the molecule is O=C(Cc1cccs1)NNc1c(F)c(F)c(F)c(F)c1F. The molecule has 2 N–H and O–H groups in total.